The van der Waals surface area contributed by atoms with Gasteiger partial charge in [0.1, 0.15) is 6.23 Å². The molecule has 176 valence electrons. The summed E-state index contributed by atoms with van der Waals surface area (Å²) in [5, 5.41) is 28.6. The quantitative estimate of drug-likeness (QED) is 0.470. The minimum Gasteiger partial charge on any atom is -0.387 e. The fourth-order valence-electron chi connectivity index (χ4n) is 4.41. The van der Waals surface area contributed by atoms with Crippen molar-refractivity contribution < 1.29 is 15.0 Å². The van der Waals surface area contributed by atoms with Crippen LogP contribution < -0.4 is 11.1 Å². The molecule has 0 aliphatic heterocycles. The number of carbonyl (C=O) groups excluding carboxylic acids is 1. The lowest BCUT2D eigenvalue weighted by molar-refractivity contribution is 0.0232. The average molecular weight is 463 g/mol. The Kier molecular flexibility index (Phi) is 7.34. The van der Waals surface area contributed by atoms with Gasteiger partial charge >= 0.3 is 0 Å². The average Bonchev–Trinajstić information content (AvgIpc) is 3.07. The molecule has 3 unspecified atom stereocenters. The van der Waals surface area contributed by atoms with Crippen molar-refractivity contribution >= 4 is 17.5 Å². The normalized spacial score (nSPS) is 21.1. The molecule has 8 heteroatoms. The highest BCUT2D eigenvalue weighted by Gasteiger charge is 2.33. The van der Waals surface area contributed by atoms with Gasteiger partial charge in [0.2, 0.25) is 0 Å². The van der Waals surface area contributed by atoms with Crippen molar-refractivity contribution in [3.8, 4) is 11.3 Å². The van der Waals surface area contributed by atoms with Gasteiger partial charge in [-0.15, -0.1) is 0 Å². The fourth-order valence-corrected chi connectivity index (χ4v) is 4.62. The third-order valence-electron chi connectivity index (χ3n) is 6.39. The second-order valence-electron chi connectivity index (χ2n) is 10.2. The number of aliphatic hydroxyl groups is 2. The van der Waals surface area contributed by atoms with E-state index in [1.165, 1.54) is 0 Å². The first-order chi connectivity index (χ1) is 14.9. The highest BCUT2D eigenvalue weighted by Crippen LogP contribution is 2.39. The van der Waals surface area contributed by atoms with Gasteiger partial charge in [0.15, 0.2) is 0 Å². The van der Waals surface area contributed by atoms with E-state index in [1.54, 1.807) is 29.8 Å². The minimum atomic E-state index is -1.07. The summed E-state index contributed by atoms with van der Waals surface area (Å²) < 4.78 is 1.70. The number of nitrogens with two attached hydrogens (primary N) is 1. The Bertz CT molecular complexity index is 970. The molecule has 2 aromatic rings. The molecule has 3 rings (SSSR count). The highest BCUT2D eigenvalue weighted by molar-refractivity contribution is 6.34. The van der Waals surface area contributed by atoms with E-state index in [-0.39, 0.29) is 24.4 Å². The maximum Gasteiger partial charge on any atom is 0.254 e. The van der Waals surface area contributed by atoms with Crippen LogP contribution >= 0.6 is 11.6 Å². The summed E-state index contributed by atoms with van der Waals surface area (Å²) in [6.07, 6.45) is 3.01. The van der Waals surface area contributed by atoms with Gasteiger partial charge in [-0.1, -0.05) is 37.9 Å². The predicted molar refractivity (Wildman–Crippen MR) is 126 cm³/mol. The van der Waals surface area contributed by atoms with E-state index in [0.717, 1.165) is 36.9 Å². The number of aliphatic hydroxyl groups excluding tert-OH is 1. The van der Waals surface area contributed by atoms with E-state index in [9.17, 15) is 15.0 Å². The van der Waals surface area contributed by atoms with Crippen molar-refractivity contribution in [2.45, 2.75) is 71.8 Å². The molecule has 7 nitrogen and oxygen atoms in total. The molecular weight excluding hydrogens is 428 g/mol. The predicted octanol–water partition coefficient (Wildman–Crippen LogP) is 3.49. The Morgan fingerprint density at radius 2 is 2.16 bits per heavy atom. The number of nitrogens with zero attached hydrogens (tertiary/aromatic N) is 2. The summed E-state index contributed by atoms with van der Waals surface area (Å²) in [5.74, 6) is -0.381. The molecule has 1 fully saturated rings. The zero-order valence-electron chi connectivity index (χ0n) is 19.4. The molecule has 0 bridgehead atoms. The number of halogens is 1. The SMILES string of the molecule is Cc1cc(-c2ccc(Cl)c(C(=O)NC(O)C3CCCC(C)(C)C3)c2)nn1CC(C)(O)CN. The second-order valence-corrected chi connectivity index (χ2v) is 10.6. The zero-order chi connectivity index (χ0) is 23.7. The van der Waals surface area contributed by atoms with Crippen molar-refractivity contribution in [1.82, 2.24) is 15.1 Å². The molecule has 1 aromatic carbocycles. The van der Waals surface area contributed by atoms with Crippen molar-refractivity contribution in [3.05, 3.63) is 40.5 Å². The molecule has 3 atom stereocenters. The van der Waals surface area contributed by atoms with Crippen molar-refractivity contribution in [1.29, 1.82) is 0 Å². The summed E-state index contributed by atoms with van der Waals surface area (Å²) >= 11 is 6.32. The summed E-state index contributed by atoms with van der Waals surface area (Å²) in [6, 6.07) is 7.03. The molecule has 1 aromatic heterocycles. The second kappa shape index (κ2) is 9.51. The minimum absolute atomic E-state index is 0.0262. The van der Waals surface area contributed by atoms with Crippen LogP contribution in [-0.2, 0) is 6.54 Å². The molecule has 1 heterocycles. The number of amides is 1. The molecule has 0 saturated heterocycles. The smallest absolute Gasteiger partial charge is 0.254 e. The molecular formula is C24H35ClN4O3. The molecule has 5 N–H and O–H groups in total. The Hall–Kier alpha value is -1.93. The van der Waals surface area contributed by atoms with Crippen LogP contribution in [0.25, 0.3) is 11.3 Å². The standard InChI is InChI=1S/C24H35ClN4O3/c1-15-10-20(28-29(15)14-24(4,32)13-26)16-7-8-19(25)18(11-16)22(31)27-21(30)17-6-5-9-23(2,3)12-17/h7-8,10-11,17,21,30,32H,5-6,9,12-14,26H2,1-4H3,(H,27,31). The number of aryl methyl sites for hydroxylation is 1. The largest absolute Gasteiger partial charge is 0.387 e. The van der Waals surface area contributed by atoms with E-state index >= 15 is 0 Å². The molecule has 32 heavy (non-hydrogen) atoms. The zero-order valence-corrected chi connectivity index (χ0v) is 20.1. The van der Waals surface area contributed by atoms with Crippen molar-refractivity contribution in [2.24, 2.45) is 17.1 Å². The summed E-state index contributed by atoms with van der Waals surface area (Å²) in [5.41, 5.74) is 7.27. The molecule has 0 spiro atoms. The number of rotatable bonds is 7. The maximum absolute atomic E-state index is 12.9. The Morgan fingerprint density at radius 3 is 2.81 bits per heavy atom. The summed E-state index contributed by atoms with van der Waals surface area (Å²) in [6.45, 7) is 8.34. The monoisotopic (exact) mass is 462 g/mol. The van der Waals surface area contributed by atoms with E-state index in [0.29, 0.717) is 16.3 Å². The van der Waals surface area contributed by atoms with Gasteiger partial charge in [-0.05, 0) is 56.7 Å². The first kappa shape index (κ1) is 24.7. The molecule has 1 saturated carbocycles. The van der Waals surface area contributed by atoms with Crippen LogP contribution in [-0.4, -0.2) is 44.3 Å². The fraction of sp³-hybridized carbons (Fsp3) is 0.583. The number of hydrogen-bond acceptors (Lipinski definition) is 5. The number of nitrogens with one attached hydrogen (secondary N) is 1. The van der Waals surface area contributed by atoms with Crippen LogP contribution in [0.15, 0.2) is 24.3 Å². The van der Waals surface area contributed by atoms with Gasteiger partial charge in [-0.25, -0.2) is 0 Å². The van der Waals surface area contributed by atoms with Crippen LogP contribution in [0.4, 0.5) is 0 Å². The third-order valence-corrected chi connectivity index (χ3v) is 6.72. The van der Waals surface area contributed by atoms with Crippen LogP contribution in [0.3, 0.4) is 0 Å². The van der Waals surface area contributed by atoms with Gasteiger partial charge < -0.3 is 21.3 Å². The molecule has 1 aliphatic carbocycles. The van der Waals surface area contributed by atoms with Crippen LogP contribution in [0.5, 0.6) is 0 Å². The maximum atomic E-state index is 12.9. The van der Waals surface area contributed by atoms with Gasteiger partial charge in [0.25, 0.3) is 5.91 Å². The van der Waals surface area contributed by atoms with Crippen LogP contribution in [0, 0.1) is 18.3 Å². The van der Waals surface area contributed by atoms with E-state index < -0.39 is 17.7 Å². The number of hydrogen-bond donors (Lipinski definition) is 4. The van der Waals surface area contributed by atoms with Crippen LogP contribution in [0.1, 0.15) is 62.5 Å². The van der Waals surface area contributed by atoms with Crippen LogP contribution in [0.2, 0.25) is 5.02 Å². The van der Waals surface area contributed by atoms with Gasteiger partial charge in [-0.2, -0.15) is 5.10 Å². The van der Waals surface area contributed by atoms with Gasteiger partial charge in [0.05, 0.1) is 28.4 Å². The number of benzene rings is 1. The van der Waals surface area contributed by atoms with E-state index in [2.05, 4.69) is 24.3 Å². The molecule has 1 amide bonds. The van der Waals surface area contributed by atoms with Crippen molar-refractivity contribution in [3.63, 3.8) is 0 Å². The number of carbonyl (C=O) groups is 1. The molecule has 0 radical (unpaired) electrons. The first-order valence-corrected chi connectivity index (χ1v) is 11.5. The first-order valence-electron chi connectivity index (χ1n) is 11.2. The third kappa shape index (κ3) is 5.90. The Labute approximate surface area is 195 Å². The number of aromatic nitrogens is 2. The summed E-state index contributed by atoms with van der Waals surface area (Å²) in [4.78, 5) is 12.9. The Balaban J connectivity index is 1.78. The van der Waals surface area contributed by atoms with E-state index in [1.807, 2.05) is 13.0 Å². The van der Waals surface area contributed by atoms with Gasteiger partial charge in [-0.3, -0.25) is 9.48 Å². The topological polar surface area (TPSA) is 113 Å². The Morgan fingerprint density at radius 1 is 1.44 bits per heavy atom. The summed E-state index contributed by atoms with van der Waals surface area (Å²) in [7, 11) is 0. The lowest BCUT2D eigenvalue weighted by Gasteiger charge is -2.37. The van der Waals surface area contributed by atoms with E-state index in [4.69, 9.17) is 17.3 Å². The van der Waals surface area contributed by atoms with Gasteiger partial charge in [0, 0.05) is 23.7 Å². The highest BCUT2D eigenvalue weighted by atomic mass is 35.5. The lowest BCUT2D eigenvalue weighted by atomic mass is 9.71. The lowest BCUT2D eigenvalue weighted by Crippen LogP contribution is -2.43. The molecule has 1 aliphatic rings. The van der Waals surface area contributed by atoms with Crippen molar-refractivity contribution in [2.75, 3.05) is 6.54 Å².